The molecule has 19 heavy (non-hydrogen) atoms. The Bertz CT molecular complexity index is 639. The summed E-state index contributed by atoms with van der Waals surface area (Å²) in [6.07, 6.45) is 1.94. The topological polar surface area (TPSA) is 56.5 Å². The van der Waals surface area contributed by atoms with Crippen LogP contribution >= 0.6 is 0 Å². The summed E-state index contributed by atoms with van der Waals surface area (Å²) < 4.78 is 10.6. The van der Waals surface area contributed by atoms with Crippen molar-refractivity contribution < 1.29 is 18.7 Å². The number of carbonyl (C=O) groups excluding carboxylic acids is 2. The maximum atomic E-state index is 11.4. The van der Waals surface area contributed by atoms with E-state index in [0.29, 0.717) is 25.0 Å². The van der Waals surface area contributed by atoms with Crippen LogP contribution < -0.4 is 0 Å². The Balaban J connectivity index is 1.88. The van der Waals surface area contributed by atoms with Gasteiger partial charge in [0.05, 0.1) is 5.56 Å². The van der Waals surface area contributed by atoms with Crippen molar-refractivity contribution >= 4 is 12.3 Å². The molecule has 1 aromatic heterocycles. The van der Waals surface area contributed by atoms with E-state index in [0.717, 1.165) is 28.9 Å². The highest BCUT2D eigenvalue weighted by Gasteiger charge is 2.21. The van der Waals surface area contributed by atoms with E-state index in [1.54, 1.807) is 6.07 Å². The van der Waals surface area contributed by atoms with E-state index in [9.17, 15) is 9.59 Å². The Morgan fingerprint density at radius 3 is 2.95 bits per heavy atom. The molecule has 2 aromatic rings. The Kier molecular flexibility index (Phi) is 2.91. The van der Waals surface area contributed by atoms with Gasteiger partial charge in [-0.1, -0.05) is 6.07 Å². The fourth-order valence-electron chi connectivity index (χ4n) is 2.16. The first-order valence-corrected chi connectivity index (χ1v) is 6.10. The van der Waals surface area contributed by atoms with Crippen LogP contribution in [0.5, 0.6) is 0 Å². The predicted octanol–water partition coefficient (Wildman–Crippen LogP) is 2.75. The first kappa shape index (κ1) is 11.7. The van der Waals surface area contributed by atoms with Crippen molar-refractivity contribution in [2.24, 2.45) is 0 Å². The molecule has 0 fully saturated rings. The molecule has 1 aliphatic rings. The predicted molar refractivity (Wildman–Crippen MR) is 67.6 cm³/mol. The largest absolute Gasteiger partial charge is 0.461 e. The summed E-state index contributed by atoms with van der Waals surface area (Å²) in [5.74, 6) is 1.26. The summed E-state index contributed by atoms with van der Waals surface area (Å²) in [7, 11) is 0. The molecule has 0 saturated carbocycles. The van der Waals surface area contributed by atoms with Crippen LogP contribution in [0.4, 0.5) is 0 Å². The van der Waals surface area contributed by atoms with E-state index in [2.05, 4.69) is 0 Å². The molecule has 0 radical (unpaired) electrons. The normalized spacial score (nSPS) is 13.2. The number of cyclic esters (lactones) is 1. The van der Waals surface area contributed by atoms with Crippen LogP contribution in [0.3, 0.4) is 0 Å². The molecule has 96 valence electrons. The zero-order valence-electron chi connectivity index (χ0n) is 10.2. The number of furan rings is 1. The van der Waals surface area contributed by atoms with Crippen molar-refractivity contribution in [3.63, 3.8) is 0 Å². The first-order chi connectivity index (χ1) is 9.28. The molecule has 1 aliphatic heterocycles. The van der Waals surface area contributed by atoms with Gasteiger partial charge in [-0.3, -0.25) is 0 Å². The van der Waals surface area contributed by atoms with Crippen molar-refractivity contribution in [3.05, 3.63) is 47.2 Å². The average Bonchev–Trinajstić information content (AvgIpc) is 3.04. The molecule has 0 atom stereocenters. The standard InChI is InChI=1S/C15H12O4/c16-7-1-2-12-4-6-14(19-12)10-3-5-13-11(8-10)9-18-15(13)17/h3-8H,1-2,9H2. The van der Waals surface area contributed by atoms with E-state index in [-0.39, 0.29) is 5.97 Å². The lowest BCUT2D eigenvalue weighted by atomic mass is 10.0. The molecule has 4 heteroatoms. The molecular weight excluding hydrogens is 244 g/mol. The van der Waals surface area contributed by atoms with E-state index >= 15 is 0 Å². The summed E-state index contributed by atoms with van der Waals surface area (Å²) in [6, 6.07) is 9.25. The summed E-state index contributed by atoms with van der Waals surface area (Å²) in [4.78, 5) is 21.7. The molecule has 0 spiro atoms. The van der Waals surface area contributed by atoms with Crippen LogP contribution in [0.1, 0.15) is 28.1 Å². The summed E-state index contributed by atoms with van der Waals surface area (Å²) in [6.45, 7) is 0.320. The number of benzene rings is 1. The molecule has 0 bridgehead atoms. The first-order valence-electron chi connectivity index (χ1n) is 6.10. The van der Waals surface area contributed by atoms with Crippen LogP contribution in [0.15, 0.2) is 34.7 Å². The van der Waals surface area contributed by atoms with Crippen molar-refractivity contribution in [2.75, 3.05) is 0 Å². The molecule has 4 nitrogen and oxygen atoms in total. The van der Waals surface area contributed by atoms with Gasteiger partial charge in [0.25, 0.3) is 0 Å². The lowest BCUT2D eigenvalue weighted by molar-refractivity contribution is -0.107. The number of hydrogen-bond donors (Lipinski definition) is 0. The molecule has 0 aliphatic carbocycles. The van der Waals surface area contributed by atoms with E-state index in [1.807, 2.05) is 24.3 Å². The second-order valence-electron chi connectivity index (χ2n) is 4.42. The number of fused-ring (bicyclic) bond motifs is 1. The molecule has 0 N–H and O–H groups in total. The SMILES string of the molecule is O=CCCc1ccc(-c2ccc3c(c2)COC3=O)o1. The minimum atomic E-state index is -0.271. The van der Waals surface area contributed by atoms with Crippen molar-refractivity contribution in [2.45, 2.75) is 19.4 Å². The van der Waals surface area contributed by atoms with Gasteiger partial charge in [-0.2, -0.15) is 0 Å². The van der Waals surface area contributed by atoms with Gasteiger partial charge < -0.3 is 13.9 Å². The highest BCUT2D eigenvalue weighted by molar-refractivity contribution is 5.94. The fraction of sp³-hybridized carbons (Fsp3) is 0.200. The lowest BCUT2D eigenvalue weighted by Gasteiger charge is -1.99. The van der Waals surface area contributed by atoms with Crippen LogP contribution in [0, 0.1) is 0 Å². The minimum absolute atomic E-state index is 0.271. The quantitative estimate of drug-likeness (QED) is 0.623. The van der Waals surface area contributed by atoms with Crippen molar-refractivity contribution in [3.8, 4) is 11.3 Å². The maximum absolute atomic E-state index is 11.4. The number of esters is 1. The van der Waals surface area contributed by atoms with Crippen LogP contribution in [-0.4, -0.2) is 12.3 Å². The van der Waals surface area contributed by atoms with Gasteiger partial charge >= 0.3 is 5.97 Å². The van der Waals surface area contributed by atoms with E-state index in [1.165, 1.54) is 0 Å². The highest BCUT2D eigenvalue weighted by atomic mass is 16.5. The summed E-state index contributed by atoms with van der Waals surface area (Å²) in [5, 5.41) is 0. The summed E-state index contributed by atoms with van der Waals surface area (Å²) in [5.41, 5.74) is 2.42. The Morgan fingerprint density at radius 1 is 1.21 bits per heavy atom. The maximum Gasteiger partial charge on any atom is 0.338 e. The van der Waals surface area contributed by atoms with Gasteiger partial charge in [-0.25, -0.2) is 4.79 Å². The molecular formula is C15H12O4. The number of ether oxygens (including phenoxy) is 1. The molecule has 1 aromatic carbocycles. The van der Waals surface area contributed by atoms with Gasteiger partial charge in [0, 0.05) is 24.0 Å². The number of rotatable bonds is 4. The molecule has 0 amide bonds. The fourth-order valence-corrected chi connectivity index (χ4v) is 2.16. The van der Waals surface area contributed by atoms with Crippen molar-refractivity contribution in [1.82, 2.24) is 0 Å². The third-order valence-corrected chi connectivity index (χ3v) is 3.14. The minimum Gasteiger partial charge on any atom is -0.461 e. The van der Waals surface area contributed by atoms with Crippen LogP contribution in [0.2, 0.25) is 0 Å². The number of carbonyl (C=O) groups is 2. The lowest BCUT2D eigenvalue weighted by Crippen LogP contribution is -1.92. The van der Waals surface area contributed by atoms with E-state index in [4.69, 9.17) is 9.15 Å². The number of aldehydes is 1. The third kappa shape index (κ3) is 2.17. The van der Waals surface area contributed by atoms with Gasteiger partial charge in [0.1, 0.15) is 24.4 Å². The number of aryl methyl sites for hydroxylation is 1. The third-order valence-electron chi connectivity index (χ3n) is 3.14. The Morgan fingerprint density at radius 2 is 2.11 bits per heavy atom. The average molecular weight is 256 g/mol. The highest BCUT2D eigenvalue weighted by Crippen LogP contribution is 2.28. The monoisotopic (exact) mass is 256 g/mol. The smallest absolute Gasteiger partial charge is 0.338 e. The number of hydrogen-bond acceptors (Lipinski definition) is 4. The second-order valence-corrected chi connectivity index (χ2v) is 4.42. The zero-order valence-corrected chi connectivity index (χ0v) is 10.2. The van der Waals surface area contributed by atoms with Crippen LogP contribution in [-0.2, 0) is 22.6 Å². The van der Waals surface area contributed by atoms with Gasteiger partial charge in [0.15, 0.2) is 0 Å². The van der Waals surface area contributed by atoms with Crippen molar-refractivity contribution in [1.29, 1.82) is 0 Å². The molecule has 0 unspecified atom stereocenters. The van der Waals surface area contributed by atoms with Gasteiger partial charge in [0.2, 0.25) is 0 Å². The summed E-state index contributed by atoms with van der Waals surface area (Å²) >= 11 is 0. The Hall–Kier alpha value is -2.36. The van der Waals surface area contributed by atoms with Crippen LogP contribution in [0.25, 0.3) is 11.3 Å². The zero-order chi connectivity index (χ0) is 13.2. The molecule has 3 rings (SSSR count). The second kappa shape index (κ2) is 4.72. The van der Waals surface area contributed by atoms with E-state index < -0.39 is 0 Å². The van der Waals surface area contributed by atoms with Gasteiger partial charge in [-0.05, 0) is 24.3 Å². The van der Waals surface area contributed by atoms with Gasteiger partial charge in [-0.15, -0.1) is 0 Å². The molecule has 0 saturated heterocycles. The Labute approximate surface area is 110 Å². The molecule has 2 heterocycles.